The maximum absolute atomic E-state index is 12.3. The molecule has 0 atom stereocenters. The van der Waals surface area contributed by atoms with Gasteiger partial charge < -0.3 is 14.8 Å². The molecule has 1 amide bonds. The fourth-order valence-corrected chi connectivity index (χ4v) is 2.96. The van der Waals surface area contributed by atoms with Gasteiger partial charge in [0, 0.05) is 0 Å². The number of carbonyl (C=O) groups excluding carboxylic acids is 2. The summed E-state index contributed by atoms with van der Waals surface area (Å²) in [6, 6.07) is 14.6. The molecule has 3 rings (SSSR count). The van der Waals surface area contributed by atoms with Gasteiger partial charge in [-0.15, -0.1) is 0 Å². The number of carbonyl (C=O) groups is 2. The third-order valence-electron chi connectivity index (χ3n) is 4.50. The first-order valence-electron chi connectivity index (χ1n) is 9.14. The van der Waals surface area contributed by atoms with Gasteiger partial charge in [-0.05, 0) is 45.0 Å². The highest BCUT2D eigenvalue weighted by atomic mass is 16.5. The predicted octanol–water partition coefficient (Wildman–Crippen LogP) is 3.60. The lowest BCUT2D eigenvalue weighted by atomic mass is 10.2. The minimum absolute atomic E-state index is 0.266. The number of rotatable bonds is 6. The maximum atomic E-state index is 12.3. The van der Waals surface area contributed by atoms with Crippen LogP contribution in [0.2, 0.25) is 0 Å². The number of esters is 1. The van der Waals surface area contributed by atoms with Gasteiger partial charge in [0.25, 0.3) is 5.91 Å². The average molecular weight is 393 g/mol. The van der Waals surface area contributed by atoms with E-state index in [1.807, 2.05) is 45.0 Å². The van der Waals surface area contributed by atoms with Crippen LogP contribution < -0.4 is 10.1 Å². The van der Waals surface area contributed by atoms with Crippen LogP contribution in [0.3, 0.4) is 0 Å². The molecule has 150 valence electrons. The zero-order valence-corrected chi connectivity index (χ0v) is 16.9. The van der Waals surface area contributed by atoms with E-state index in [0.717, 1.165) is 16.9 Å². The molecule has 0 saturated heterocycles. The Morgan fingerprint density at radius 3 is 2.41 bits per heavy atom. The van der Waals surface area contributed by atoms with Gasteiger partial charge in [0.1, 0.15) is 11.3 Å². The molecule has 2 aromatic carbocycles. The lowest BCUT2D eigenvalue weighted by Crippen LogP contribution is -2.21. The summed E-state index contributed by atoms with van der Waals surface area (Å²) < 4.78 is 12.0. The molecule has 0 radical (unpaired) electrons. The van der Waals surface area contributed by atoms with Gasteiger partial charge in [0.15, 0.2) is 6.61 Å². The predicted molar refractivity (Wildman–Crippen MR) is 110 cm³/mol. The number of anilines is 1. The number of hydrogen-bond donors (Lipinski definition) is 1. The van der Waals surface area contributed by atoms with Crippen LogP contribution in [0.4, 0.5) is 5.69 Å². The van der Waals surface area contributed by atoms with E-state index in [2.05, 4.69) is 10.4 Å². The van der Waals surface area contributed by atoms with E-state index < -0.39 is 18.5 Å². The number of amides is 1. The van der Waals surface area contributed by atoms with Crippen molar-refractivity contribution in [1.29, 1.82) is 0 Å². The molecule has 0 aliphatic rings. The van der Waals surface area contributed by atoms with Gasteiger partial charge >= 0.3 is 5.97 Å². The molecule has 0 aliphatic heterocycles. The summed E-state index contributed by atoms with van der Waals surface area (Å²) in [5.41, 5.74) is 4.38. The van der Waals surface area contributed by atoms with Crippen molar-refractivity contribution >= 4 is 17.6 Å². The van der Waals surface area contributed by atoms with Crippen molar-refractivity contribution in [2.24, 2.45) is 0 Å². The molecular formula is C22H23N3O4. The average Bonchev–Trinajstić information content (AvgIpc) is 3.00. The minimum atomic E-state index is -0.624. The van der Waals surface area contributed by atoms with E-state index in [9.17, 15) is 9.59 Å². The van der Waals surface area contributed by atoms with Crippen LogP contribution in [-0.4, -0.2) is 35.4 Å². The molecule has 3 aromatic rings. The molecule has 29 heavy (non-hydrogen) atoms. The zero-order chi connectivity index (χ0) is 21.0. The van der Waals surface area contributed by atoms with Crippen molar-refractivity contribution < 1.29 is 19.1 Å². The normalized spacial score (nSPS) is 10.5. The Kier molecular flexibility index (Phi) is 5.97. The summed E-state index contributed by atoms with van der Waals surface area (Å²) in [5, 5.41) is 7.29. The van der Waals surface area contributed by atoms with E-state index in [4.69, 9.17) is 9.47 Å². The Labute approximate surface area is 169 Å². The molecule has 7 heteroatoms. The van der Waals surface area contributed by atoms with Gasteiger partial charge in [-0.3, -0.25) is 4.79 Å². The van der Waals surface area contributed by atoms with Gasteiger partial charge in [-0.25, -0.2) is 9.48 Å². The Hall–Kier alpha value is -3.61. The number of nitrogens with one attached hydrogen (secondary N) is 1. The molecule has 0 unspecified atom stereocenters. The summed E-state index contributed by atoms with van der Waals surface area (Å²) in [4.78, 5) is 24.6. The molecule has 7 nitrogen and oxygen atoms in total. The Morgan fingerprint density at radius 1 is 1.03 bits per heavy atom. The van der Waals surface area contributed by atoms with Crippen LogP contribution in [0.5, 0.6) is 5.75 Å². The van der Waals surface area contributed by atoms with Gasteiger partial charge in [0.05, 0.1) is 29.9 Å². The maximum Gasteiger partial charge on any atom is 0.342 e. The number of ether oxygens (including phenoxy) is 2. The van der Waals surface area contributed by atoms with Crippen LogP contribution in [-0.2, 0) is 9.53 Å². The lowest BCUT2D eigenvalue weighted by Gasteiger charge is -2.09. The second-order valence-corrected chi connectivity index (χ2v) is 6.62. The van der Waals surface area contributed by atoms with E-state index in [-0.39, 0.29) is 5.56 Å². The van der Waals surface area contributed by atoms with Crippen molar-refractivity contribution in [1.82, 2.24) is 9.78 Å². The van der Waals surface area contributed by atoms with Crippen LogP contribution in [0.1, 0.15) is 27.3 Å². The molecular weight excluding hydrogens is 370 g/mol. The summed E-state index contributed by atoms with van der Waals surface area (Å²) >= 11 is 0. The van der Waals surface area contributed by atoms with E-state index in [1.54, 1.807) is 28.9 Å². The minimum Gasteiger partial charge on any atom is -0.496 e. The monoisotopic (exact) mass is 393 g/mol. The van der Waals surface area contributed by atoms with Crippen LogP contribution >= 0.6 is 0 Å². The van der Waals surface area contributed by atoms with Crippen molar-refractivity contribution in [3.63, 3.8) is 0 Å². The Morgan fingerprint density at radius 2 is 1.72 bits per heavy atom. The molecule has 1 N–H and O–H groups in total. The first-order valence-corrected chi connectivity index (χ1v) is 9.14. The first kappa shape index (κ1) is 20.1. The molecule has 0 fully saturated rings. The zero-order valence-electron chi connectivity index (χ0n) is 16.9. The number of benzene rings is 2. The van der Waals surface area contributed by atoms with Crippen molar-refractivity contribution in [2.45, 2.75) is 20.8 Å². The van der Waals surface area contributed by atoms with Crippen molar-refractivity contribution in [2.75, 3.05) is 19.0 Å². The number of aryl methyl sites for hydroxylation is 2. The second kappa shape index (κ2) is 8.60. The van der Waals surface area contributed by atoms with Crippen LogP contribution in [0.15, 0.2) is 48.5 Å². The van der Waals surface area contributed by atoms with Crippen molar-refractivity contribution in [3.05, 3.63) is 71.0 Å². The first-order chi connectivity index (χ1) is 13.9. The van der Waals surface area contributed by atoms with Crippen LogP contribution in [0.25, 0.3) is 5.69 Å². The third-order valence-corrected chi connectivity index (χ3v) is 4.50. The highest BCUT2D eigenvalue weighted by molar-refractivity contribution is 5.97. The highest BCUT2D eigenvalue weighted by Crippen LogP contribution is 2.23. The number of hydrogen-bond acceptors (Lipinski definition) is 5. The molecule has 1 heterocycles. The second-order valence-electron chi connectivity index (χ2n) is 6.62. The van der Waals surface area contributed by atoms with Crippen LogP contribution in [0, 0.1) is 20.8 Å². The highest BCUT2D eigenvalue weighted by Gasteiger charge is 2.18. The smallest absolute Gasteiger partial charge is 0.342 e. The molecule has 0 bridgehead atoms. The van der Waals surface area contributed by atoms with Gasteiger partial charge in [0.2, 0.25) is 0 Å². The fourth-order valence-electron chi connectivity index (χ4n) is 2.96. The summed E-state index contributed by atoms with van der Waals surface area (Å²) in [6.07, 6.45) is 0. The van der Waals surface area contributed by atoms with Gasteiger partial charge in [-0.1, -0.05) is 29.8 Å². The Balaban J connectivity index is 1.68. The number of methoxy groups -OCH3 is 1. The number of aromatic nitrogens is 2. The summed E-state index contributed by atoms with van der Waals surface area (Å²) in [6.45, 7) is 5.29. The topological polar surface area (TPSA) is 82.4 Å². The summed E-state index contributed by atoms with van der Waals surface area (Å²) in [7, 11) is 1.47. The van der Waals surface area contributed by atoms with Crippen molar-refractivity contribution in [3.8, 4) is 11.4 Å². The van der Waals surface area contributed by atoms with E-state index in [1.165, 1.54) is 7.11 Å². The fraction of sp³-hybridized carbons (Fsp3) is 0.227. The lowest BCUT2D eigenvalue weighted by molar-refractivity contribution is -0.119. The molecule has 0 saturated carbocycles. The SMILES string of the molecule is COc1ccccc1C(=O)OCC(=O)Nc1c(C)nn(-c2ccc(C)cc2)c1C. The molecule has 1 aromatic heterocycles. The van der Waals surface area contributed by atoms with E-state index >= 15 is 0 Å². The van der Waals surface area contributed by atoms with Gasteiger partial charge in [-0.2, -0.15) is 5.10 Å². The molecule has 0 aliphatic carbocycles. The number of nitrogens with zero attached hydrogens (tertiary/aromatic N) is 2. The quantitative estimate of drug-likeness (QED) is 0.647. The number of para-hydroxylation sites is 1. The molecule has 0 spiro atoms. The third kappa shape index (κ3) is 4.45. The van der Waals surface area contributed by atoms with E-state index in [0.29, 0.717) is 17.1 Å². The largest absolute Gasteiger partial charge is 0.496 e. The standard InChI is InChI=1S/C22H23N3O4/c1-14-9-11-17(12-10-14)25-16(3)21(15(2)24-25)23-20(26)13-29-22(27)18-7-5-6-8-19(18)28-4/h5-12H,13H2,1-4H3,(H,23,26). The summed E-state index contributed by atoms with van der Waals surface area (Å²) in [5.74, 6) is -0.673. The Bertz CT molecular complexity index is 1040.